The van der Waals surface area contributed by atoms with E-state index in [-0.39, 0.29) is 11.9 Å². The highest BCUT2D eigenvalue weighted by Gasteiger charge is 2.17. The monoisotopic (exact) mass is 220 g/mol. The van der Waals surface area contributed by atoms with Crippen molar-refractivity contribution in [2.45, 2.75) is 38.8 Å². The van der Waals surface area contributed by atoms with E-state index in [1.807, 2.05) is 30.3 Å². The first-order valence-corrected chi connectivity index (χ1v) is 5.72. The lowest BCUT2D eigenvalue weighted by Gasteiger charge is -2.19. The molecule has 0 saturated carbocycles. The molecular formula is C13H20N2O. The highest BCUT2D eigenvalue weighted by atomic mass is 16.1. The molecule has 3 N–H and O–H groups in total. The van der Waals surface area contributed by atoms with Crippen LogP contribution in [0.25, 0.3) is 0 Å². The number of carbonyl (C=O) groups excluding carboxylic acids is 1. The van der Waals surface area contributed by atoms with Gasteiger partial charge < -0.3 is 11.1 Å². The van der Waals surface area contributed by atoms with E-state index in [1.54, 1.807) is 0 Å². The predicted molar refractivity (Wildman–Crippen MR) is 66.0 cm³/mol. The molecule has 0 heterocycles. The van der Waals surface area contributed by atoms with Gasteiger partial charge in [-0.15, -0.1) is 0 Å². The third-order valence-corrected chi connectivity index (χ3v) is 2.72. The molecule has 3 nitrogen and oxygen atoms in total. The molecule has 88 valence electrons. The minimum Gasteiger partial charge on any atom is -0.368 e. The SMILES string of the molecule is CCC(C)NC(Cc1ccccc1)C(N)=O. The van der Waals surface area contributed by atoms with Crippen molar-refractivity contribution in [2.24, 2.45) is 5.73 Å². The average molecular weight is 220 g/mol. The molecule has 1 amide bonds. The Kier molecular flexibility index (Phi) is 4.99. The van der Waals surface area contributed by atoms with Crippen LogP contribution in [0, 0.1) is 0 Å². The van der Waals surface area contributed by atoms with E-state index in [4.69, 9.17) is 5.73 Å². The Morgan fingerprint density at radius 2 is 2.00 bits per heavy atom. The highest BCUT2D eigenvalue weighted by Crippen LogP contribution is 2.04. The maximum atomic E-state index is 11.3. The van der Waals surface area contributed by atoms with Crippen molar-refractivity contribution >= 4 is 5.91 Å². The van der Waals surface area contributed by atoms with Gasteiger partial charge in [-0.2, -0.15) is 0 Å². The van der Waals surface area contributed by atoms with Crippen LogP contribution in [-0.2, 0) is 11.2 Å². The van der Waals surface area contributed by atoms with E-state index in [2.05, 4.69) is 19.2 Å². The largest absolute Gasteiger partial charge is 0.368 e. The summed E-state index contributed by atoms with van der Waals surface area (Å²) in [6, 6.07) is 9.94. The van der Waals surface area contributed by atoms with Crippen LogP contribution in [0.5, 0.6) is 0 Å². The highest BCUT2D eigenvalue weighted by molar-refractivity contribution is 5.80. The molecule has 0 spiro atoms. The zero-order chi connectivity index (χ0) is 12.0. The second-order valence-corrected chi connectivity index (χ2v) is 4.12. The molecule has 2 atom stereocenters. The number of carbonyl (C=O) groups is 1. The van der Waals surface area contributed by atoms with Gasteiger partial charge in [0.05, 0.1) is 6.04 Å². The molecule has 0 saturated heterocycles. The first-order chi connectivity index (χ1) is 7.63. The molecule has 1 aromatic carbocycles. The van der Waals surface area contributed by atoms with Crippen molar-refractivity contribution in [3.05, 3.63) is 35.9 Å². The number of nitrogens with one attached hydrogen (secondary N) is 1. The molecule has 0 aliphatic heterocycles. The summed E-state index contributed by atoms with van der Waals surface area (Å²) < 4.78 is 0. The maximum Gasteiger partial charge on any atom is 0.234 e. The Morgan fingerprint density at radius 1 is 1.38 bits per heavy atom. The first kappa shape index (κ1) is 12.7. The van der Waals surface area contributed by atoms with Gasteiger partial charge >= 0.3 is 0 Å². The summed E-state index contributed by atoms with van der Waals surface area (Å²) in [5.74, 6) is -0.288. The first-order valence-electron chi connectivity index (χ1n) is 5.72. The van der Waals surface area contributed by atoms with Crippen LogP contribution in [0.1, 0.15) is 25.8 Å². The molecule has 1 aromatic rings. The number of nitrogens with two attached hydrogens (primary N) is 1. The summed E-state index contributed by atoms with van der Waals surface area (Å²) in [6.07, 6.45) is 1.64. The molecule has 0 bridgehead atoms. The van der Waals surface area contributed by atoms with Crippen molar-refractivity contribution < 1.29 is 4.79 Å². The number of hydrogen-bond acceptors (Lipinski definition) is 2. The van der Waals surface area contributed by atoms with E-state index < -0.39 is 0 Å². The number of benzene rings is 1. The third-order valence-electron chi connectivity index (χ3n) is 2.72. The van der Waals surface area contributed by atoms with Crippen LogP contribution in [-0.4, -0.2) is 18.0 Å². The molecule has 2 unspecified atom stereocenters. The third kappa shape index (κ3) is 4.03. The van der Waals surface area contributed by atoms with Gasteiger partial charge in [-0.1, -0.05) is 37.3 Å². The second kappa shape index (κ2) is 6.28. The summed E-state index contributed by atoms with van der Waals surface area (Å²) in [7, 11) is 0. The Balaban J connectivity index is 2.62. The van der Waals surface area contributed by atoms with Crippen LogP contribution >= 0.6 is 0 Å². The van der Waals surface area contributed by atoms with Crippen LogP contribution in [0.3, 0.4) is 0 Å². The topological polar surface area (TPSA) is 55.1 Å². The molecule has 16 heavy (non-hydrogen) atoms. The van der Waals surface area contributed by atoms with Gasteiger partial charge in [0, 0.05) is 6.04 Å². The van der Waals surface area contributed by atoms with Gasteiger partial charge in [0.1, 0.15) is 0 Å². The maximum absolute atomic E-state index is 11.3. The Bertz CT molecular complexity index is 324. The summed E-state index contributed by atoms with van der Waals surface area (Å²) in [6.45, 7) is 4.14. The fourth-order valence-electron chi connectivity index (χ4n) is 1.55. The number of primary amides is 1. The lowest BCUT2D eigenvalue weighted by Crippen LogP contribution is -2.46. The second-order valence-electron chi connectivity index (χ2n) is 4.12. The van der Waals surface area contributed by atoms with Crippen molar-refractivity contribution in [3.63, 3.8) is 0 Å². The molecule has 0 aliphatic carbocycles. The smallest absolute Gasteiger partial charge is 0.234 e. The molecule has 0 fully saturated rings. The minimum absolute atomic E-state index is 0.280. The number of rotatable bonds is 6. The van der Waals surface area contributed by atoms with Crippen molar-refractivity contribution in [3.8, 4) is 0 Å². The lowest BCUT2D eigenvalue weighted by molar-refractivity contribution is -0.120. The van der Waals surface area contributed by atoms with Gasteiger partial charge in [-0.25, -0.2) is 0 Å². The lowest BCUT2D eigenvalue weighted by atomic mass is 10.0. The molecule has 0 radical (unpaired) electrons. The number of amides is 1. The molecular weight excluding hydrogens is 200 g/mol. The van der Waals surface area contributed by atoms with Gasteiger partial charge in [0.2, 0.25) is 5.91 Å². The van der Waals surface area contributed by atoms with Gasteiger partial charge in [-0.3, -0.25) is 4.79 Å². The fourth-order valence-corrected chi connectivity index (χ4v) is 1.55. The van der Waals surface area contributed by atoms with E-state index in [0.29, 0.717) is 12.5 Å². The van der Waals surface area contributed by atoms with Crippen molar-refractivity contribution in [2.75, 3.05) is 0 Å². The quantitative estimate of drug-likeness (QED) is 0.762. The van der Waals surface area contributed by atoms with E-state index >= 15 is 0 Å². The molecule has 1 rings (SSSR count). The average Bonchev–Trinajstić information content (AvgIpc) is 2.29. The van der Waals surface area contributed by atoms with Gasteiger partial charge in [0.25, 0.3) is 0 Å². The van der Waals surface area contributed by atoms with E-state index in [9.17, 15) is 4.79 Å². The van der Waals surface area contributed by atoms with Gasteiger partial charge in [0.15, 0.2) is 0 Å². The zero-order valence-corrected chi connectivity index (χ0v) is 9.94. The standard InChI is InChI=1S/C13H20N2O/c1-3-10(2)15-12(13(14)16)9-11-7-5-4-6-8-11/h4-8,10,12,15H,3,9H2,1-2H3,(H2,14,16). The van der Waals surface area contributed by atoms with Crippen LogP contribution < -0.4 is 11.1 Å². The number of hydrogen-bond donors (Lipinski definition) is 2. The Morgan fingerprint density at radius 3 is 2.50 bits per heavy atom. The Hall–Kier alpha value is -1.35. The van der Waals surface area contributed by atoms with Crippen LogP contribution in [0.15, 0.2) is 30.3 Å². The minimum atomic E-state index is -0.288. The van der Waals surface area contributed by atoms with Crippen molar-refractivity contribution in [1.82, 2.24) is 5.32 Å². The summed E-state index contributed by atoms with van der Waals surface area (Å²) >= 11 is 0. The van der Waals surface area contributed by atoms with Crippen LogP contribution in [0.4, 0.5) is 0 Å². The fraction of sp³-hybridized carbons (Fsp3) is 0.462. The van der Waals surface area contributed by atoms with Crippen LogP contribution in [0.2, 0.25) is 0 Å². The predicted octanol–water partition coefficient (Wildman–Crippen LogP) is 1.47. The Labute approximate surface area is 97.0 Å². The summed E-state index contributed by atoms with van der Waals surface area (Å²) in [5, 5.41) is 3.24. The van der Waals surface area contributed by atoms with E-state index in [0.717, 1.165) is 12.0 Å². The normalized spacial score (nSPS) is 14.4. The zero-order valence-electron chi connectivity index (χ0n) is 9.94. The van der Waals surface area contributed by atoms with Gasteiger partial charge in [-0.05, 0) is 25.3 Å². The summed E-state index contributed by atoms with van der Waals surface area (Å²) in [5.41, 5.74) is 6.51. The molecule has 0 aliphatic rings. The molecule has 3 heteroatoms. The van der Waals surface area contributed by atoms with Crippen molar-refractivity contribution in [1.29, 1.82) is 0 Å². The van der Waals surface area contributed by atoms with E-state index in [1.165, 1.54) is 0 Å². The molecule has 0 aromatic heterocycles. The summed E-state index contributed by atoms with van der Waals surface area (Å²) in [4.78, 5) is 11.3.